The van der Waals surface area contributed by atoms with Crippen molar-refractivity contribution in [2.45, 2.75) is 19.3 Å². The Kier molecular flexibility index (Phi) is 4.56. The van der Waals surface area contributed by atoms with E-state index in [2.05, 4.69) is 30.4 Å². The zero-order chi connectivity index (χ0) is 17.2. The van der Waals surface area contributed by atoms with Crippen molar-refractivity contribution in [2.75, 3.05) is 14.2 Å². The van der Waals surface area contributed by atoms with Crippen LogP contribution in [0, 0.1) is 17.3 Å². The predicted octanol–water partition coefficient (Wildman–Crippen LogP) is 3.39. The summed E-state index contributed by atoms with van der Waals surface area (Å²) in [4.78, 5) is 24.8. The summed E-state index contributed by atoms with van der Waals surface area (Å²) in [5.74, 6) is -0.659. The van der Waals surface area contributed by atoms with Crippen molar-refractivity contribution in [3.05, 3.63) is 53.6 Å². The Balaban J connectivity index is 1.95. The summed E-state index contributed by atoms with van der Waals surface area (Å²) in [5, 5.41) is 0. The molecular formula is C20H22O4. The number of carbonyl (C=O) groups excluding carboxylic acids is 2. The fraction of sp³-hybridized carbons (Fsp3) is 0.400. The number of rotatable bonds is 3. The van der Waals surface area contributed by atoms with Crippen LogP contribution >= 0.6 is 0 Å². The van der Waals surface area contributed by atoms with Gasteiger partial charge in [0.1, 0.15) is 0 Å². The van der Waals surface area contributed by atoms with Gasteiger partial charge in [-0.3, -0.25) is 9.59 Å². The molecule has 126 valence electrons. The van der Waals surface area contributed by atoms with Crippen molar-refractivity contribution < 1.29 is 19.1 Å². The molecule has 2 aliphatic rings. The minimum atomic E-state index is -1.19. The standard InChI is InChI=1S/C20H22O4/c1-23-18(21)20(19(22)24-2)12-16-10-6-9-15(17(16)13-20)11-14-7-4-3-5-8-14/h3-8,10-11,16-17H,9,12-13H2,1-2H3/b15-11-/t16-,17+/m0/s1. The molecule has 4 nitrogen and oxygen atoms in total. The molecule has 0 radical (unpaired) electrons. The second-order valence-electron chi connectivity index (χ2n) is 6.51. The molecule has 1 aromatic carbocycles. The van der Waals surface area contributed by atoms with E-state index in [1.807, 2.05) is 18.2 Å². The molecule has 0 amide bonds. The van der Waals surface area contributed by atoms with E-state index >= 15 is 0 Å². The normalized spacial score (nSPS) is 26.0. The highest BCUT2D eigenvalue weighted by molar-refractivity contribution is 6.00. The summed E-state index contributed by atoms with van der Waals surface area (Å²) >= 11 is 0. The van der Waals surface area contributed by atoms with E-state index in [1.54, 1.807) is 0 Å². The zero-order valence-corrected chi connectivity index (χ0v) is 14.0. The van der Waals surface area contributed by atoms with E-state index in [9.17, 15) is 9.59 Å². The number of hydrogen-bond acceptors (Lipinski definition) is 4. The van der Waals surface area contributed by atoms with Crippen LogP contribution in [0.4, 0.5) is 0 Å². The molecular weight excluding hydrogens is 304 g/mol. The molecule has 0 aromatic heterocycles. The number of hydrogen-bond donors (Lipinski definition) is 0. The van der Waals surface area contributed by atoms with Gasteiger partial charge in [0, 0.05) is 0 Å². The lowest BCUT2D eigenvalue weighted by atomic mass is 9.81. The molecule has 0 N–H and O–H groups in total. The summed E-state index contributed by atoms with van der Waals surface area (Å²) in [5.41, 5.74) is 1.20. The zero-order valence-electron chi connectivity index (χ0n) is 14.0. The third-order valence-corrected chi connectivity index (χ3v) is 5.19. The molecule has 2 atom stereocenters. The monoisotopic (exact) mass is 326 g/mol. The third kappa shape index (κ3) is 2.77. The Morgan fingerprint density at radius 2 is 1.75 bits per heavy atom. The Bertz CT molecular complexity index is 671. The summed E-state index contributed by atoms with van der Waals surface area (Å²) in [6, 6.07) is 10.1. The first kappa shape index (κ1) is 16.5. The first-order valence-electron chi connectivity index (χ1n) is 8.20. The highest BCUT2D eigenvalue weighted by Gasteiger charge is 2.57. The maximum absolute atomic E-state index is 12.4. The molecule has 3 rings (SSSR count). The molecule has 0 unspecified atom stereocenters. The SMILES string of the molecule is COC(=O)C1(C(=O)OC)C[C@@H]2/C(=C\c3ccccc3)CC=C[C@H]2C1. The van der Waals surface area contributed by atoms with Gasteiger partial charge in [-0.2, -0.15) is 0 Å². The average Bonchev–Trinajstić information content (AvgIpc) is 3.03. The molecule has 1 aromatic rings. The van der Waals surface area contributed by atoms with Crippen LogP contribution in [-0.4, -0.2) is 26.2 Å². The number of fused-ring (bicyclic) bond motifs is 1. The van der Waals surface area contributed by atoms with Crippen LogP contribution in [0.1, 0.15) is 24.8 Å². The second-order valence-corrected chi connectivity index (χ2v) is 6.51. The lowest BCUT2D eigenvalue weighted by molar-refractivity contribution is -0.168. The summed E-state index contributed by atoms with van der Waals surface area (Å²) < 4.78 is 9.87. The minimum Gasteiger partial charge on any atom is -0.468 e. The van der Waals surface area contributed by atoms with E-state index in [-0.39, 0.29) is 11.8 Å². The van der Waals surface area contributed by atoms with Crippen molar-refractivity contribution in [2.24, 2.45) is 17.3 Å². The summed E-state index contributed by atoms with van der Waals surface area (Å²) in [6.07, 6.45) is 8.15. The summed E-state index contributed by atoms with van der Waals surface area (Å²) in [6.45, 7) is 0. The minimum absolute atomic E-state index is 0.159. The van der Waals surface area contributed by atoms with Crippen LogP contribution < -0.4 is 0 Å². The maximum Gasteiger partial charge on any atom is 0.323 e. The smallest absolute Gasteiger partial charge is 0.323 e. The molecule has 4 heteroatoms. The Labute approximate surface area is 142 Å². The first-order valence-corrected chi connectivity index (χ1v) is 8.20. The number of ether oxygens (including phenoxy) is 2. The van der Waals surface area contributed by atoms with Crippen molar-refractivity contribution in [1.82, 2.24) is 0 Å². The number of allylic oxidation sites excluding steroid dienone is 3. The van der Waals surface area contributed by atoms with Crippen molar-refractivity contribution >= 4 is 18.0 Å². The van der Waals surface area contributed by atoms with E-state index in [0.29, 0.717) is 12.8 Å². The van der Waals surface area contributed by atoms with Crippen LogP contribution in [0.3, 0.4) is 0 Å². The molecule has 1 saturated carbocycles. The van der Waals surface area contributed by atoms with Crippen molar-refractivity contribution in [3.63, 3.8) is 0 Å². The van der Waals surface area contributed by atoms with Crippen LogP contribution in [0.15, 0.2) is 48.1 Å². The molecule has 0 spiro atoms. The highest BCUT2D eigenvalue weighted by Crippen LogP contribution is 2.53. The average molecular weight is 326 g/mol. The molecule has 1 fully saturated rings. The molecule has 0 saturated heterocycles. The van der Waals surface area contributed by atoms with Crippen molar-refractivity contribution in [1.29, 1.82) is 0 Å². The number of carbonyl (C=O) groups is 2. The fourth-order valence-electron chi connectivity index (χ4n) is 4.03. The quantitative estimate of drug-likeness (QED) is 0.485. The van der Waals surface area contributed by atoms with Crippen LogP contribution in [0.25, 0.3) is 6.08 Å². The predicted molar refractivity (Wildman–Crippen MR) is 90.9 cm³/mol. The van der Waals surface area contributed by atoms with Gasteiger partial charge >= 0.3 is 11.9 Å². The Hall–Kier alpha value is -2.36. The Morgan fingerprint density at radius 1 is 1.08 bits per heavy atom. The van der Waals surface area contributed by atoms with Crippen LogP contribution in [-0.2, 0) is 19.1 Å². The second kappa shape index (κ2) is 6.63. The van der Waals surface area contributed by atoms with Gasteiger partial charge in [-0.05, 0) is 36.7 Å². The molecule has 0 aliphatic heterocycles. The Morgan fingerprint density at radius 3 is 2.38 bits per heavy atom. The van der Waals surface area contributed by atoms with E-state index < -0.39 is 17.4 Å². The van der Waals surface area contributed by atoms with Gasteiger partial charge in [-0.25, -0.2) is 0 Å². The summed E-state index contributed by atoms with van der Waals surface area (Å²) in [7, 11) is 2.65. The van der Waals surface area contributed by atoms with E-state index in [0.717, 1.165) is 12.0 Å². The number of benzene rings is 1. The molecule has 0 heterocycles. The lowest BCUT2D eigenvalue weighted by Gasteiger charge is -2.24. The fourth-order valence-corrected chi connectivity index (χ4v) is 4.03. The largest absolute Gasteiger partial charge is 0.468 e. The maximum atomic E-state index is 12.4. The third-order valence-electron chi connectivity index (χ3n) is 5.19. The van der Waals surface area contributed by atoms with Gasteiger partial charge in [0.15, 0.2) is 5.41 Å². The van der Waals surface area contributed by atoms with Crippen LogP contribution in [0.2, 0.25) is 0 Å². The number of esters is 2. The van der Waals surface area contributed by atoms with Gasteiger partial charge in [-0.15, -0.1) is 0 Å². The van der Waals surface area contributed by atoms with Gasteiger partial charge in [0.05, 0.1) is 14.2 Å². The first-order chi connectivity index (χ1) is 11.6. The molecule has 2 aliphatic carbocycles. The van der Waals surface area contributed by atoms with Gasteiger partial charge in [-0.1, -0.05) is 54.1 Å². The topological polar surface area (TPSA) is 52.6 Å². The highest BCUT2D eigenvalue weighted by atomic mass is 16.5. The molecule has 24 heavy (non-hydrogen) atoms. The van der Waals surface area contributed by atoms with Gasteiger partial charge in [0.2, 0.25) is 0 Å². The lowest BCUT2D eigenvalue weighted by Crippen LogP contribution is -2.39. The number of methoxy groups -OCH3 is 2. The van der Waals surface area contributed by atoms with E-state index in [4.69, 9.17) is 9.47 Å². The molecule has 0 bridgehead atoms. The van der Waals surface area contributed by atoms with Gasteiger partial charge in [0.25, 0.3) is 0 Å². The van der Waals surface area contributed by atoms with Crippen LogP contribution in [0.5, 0.6) is 0 Å². The van der Waals surface area contributed by atoms with E-state index in [1.165, 1.54) is 19.8 Å². The van der Waals surface area contributed by atoms with Crippen molar-refractivity contribution in [3.8, 4) is 0 Å². The van der Waals surface area contributed by atoms with Gasteiger partial charge < -0.3 is 9.47 Å².